The van der Waals surface area contributed by atoms with E-state index in [1.165, 1.54) is 5.56 Å². The Labute approximate surface area is 88.4 Å². The molecule has 0 radical (unpaired) electrons. The Morgan fingerprint density at radius 2 is 2.27 bits per heavy atom. The molecule has 3 rings (SSSR count). The summed E-state index contributed by atoms with van der Waals surface area (Å²) < 4.78 is 5.41. The van der Waals surface area contributed by atoms with Crippen LogP contribution >= 0.6 is 0 Å². The Balaban J connectivity index is 2.15. The fourth-order valence-electron chi connectivity index (χ4n) is 2.49. The van der Waals surface area contributed by atoms with Crippen molar-refractivity contribution < 1.29 is 9.53 Å². The third-order valence-electron chi connectivity index (χ3n) is 3.47. The van der Waals surface area contributed by atoms with Crippen molar-refractivity contribution in [1.29, 1.82) is 0 Å². The van der Waals surface area contributed by atoms with Crippen molar-refractivity contribution in [1.82, 2.24) is 5.32 Å². The number of nitrogens with one attached hydrogen (secondary N) is 1. The molecular weight excluding hydrogens is 190 g/mol. The van der Waals surface area contributed by atoms with Crippen LogP contribution in [-0.4, -0.2) is 18.6 Å². The van der Waals surface area contributed by atoms with Crippen molar-refractivity contribution in [3.8, 4) is 0 Å². The molecule has 0 aliphatic carbocycles. The largest absolute Gasteiger partial charge is 0.373 e. The van der Waals surface area contributed by atoms with E-state index in [2.05, 4.69) is 11.4 Å². The summed E-state index contributed by atoms with van der Waals surface area (Å²) in [7, 11) is 0. The molecule has 0 aromatic heterocycles. The molecule has 2 unspecified atom stereocenters. The van der Waals surface area contributed by atoms with Crippen LogP contribution in [0.15, 0.2) is 24.3 Å². The Morgan fingerprint density at radius 3 is 2.93 bits per heavy atom. The van der Waals surface area contributed by atoms with Gasteiger partial charge in [0.15, 0.2) is 0 Å². The van der Waals surface area contributed by atoms with Gasteiger partial charge in [0.1, 0.15) is 5.54 Å². The average Bonchev–Trinajstić information content (AvgIpc) is 2.25. The van der Waals surface area contributed by atoms with Gasteiger partial charge in [-0.05, 0) is 18.1 Å². The predicted molar refractivity (Wildman–Crippen MR) is 55.4 cm³/mol. The molecular formula is C12H13NO2. The fraction of sp³-hybridized carbons (Fsp3) is 0.417. The minimum Gasteiger partial charge on any atom is -0.373 e. The van der Waals surface area contributed by atoms with Crippen molar-refractivity contribution in [2.75, 3.05) is 6.61 Å². The number of amides is 1. The van der Waals surface area contributed by atoms with Crippen LogP contribution in [0.3, 0.4) is 0 Å². The highest BCUT2D eigenvalue weighted by molar-refractivity contribution is 5.82. The lowest BCUT2D eigenvalue weighted by atomic mass is 9.76. The quantitative estimate of drug-likeness (QED) is 0.682. The van der Waals surface area contributed by atoms with Crippen molar-refractivity contribution >= 4 is 5.91 Å². The Kier molecular flexibility index (Phi) is 1.68. The normalized spacial score (nSPS) is 33.1. The minimum atomic E-state index is -0.258. The van der Waals surface area contributed by atoms with Gasteiger partial charge in [-0.2, -0.15) is 0 Å². The van der Waals surface area contributed by atoms with Crippen LogP contribution in [0.1, 0.15) is 18.1 Å². The minimum absolute atomic E-state index is 0.0721. The fourth-order valence-corrected chi connectivity index (χ4v) is 2.49. The zero-order valence-corrected chi connectivity index (χ0v) is 8.62. The molecule has 1 aromatic carbocycles. The van der Waals surface area contributed by atoms with Gasteiger partial charge in [-0.3, -0.25) is 4.79 Å². The molecule has 1 N–H and O–H groups in total. The van der Waals surface area contributed by atoms with Crippen LogP contribution in [-0.2, 0) is 21.5 Å². The molecule has 15 heavy (non-hydrogen) atoms. The van der Waals surface area contributed by atoms with Gasteiger partial charge in [0.05, 0.1) is 19.1 Å². The first kappa shape index (κ1) is 8.92. The van der Waals surface area contributed by atoms with Gasteiger partial charge >= 0.3 is 0 Å². The molecule has 2 aliphatic rings. The number of carbonyl (C=O) groups excluding carboxylic acids is 1. The van der Waals surface area contributed by atoms with Crippen molar-refractivity contribution in [2.24, 2.45) is 0 Å². The topological polar surface area (TPSA) is 38.3 Å². The van der Waals surface area contributed by atoms with Crippen molar-refractivity contribution in [2.45, 2.75) is 25.0 Å². The monoisotopic (exact) mass is 203 g/mol. The van der Waals surface area contributed by atoms with Crippen LogP contribution in [0.4, 0.5) is 0 Å². The smallest absolute Gasteiger partial charge is 0.225 e. The number of rotatable bonds is 0. The molecule has 2 heterocycles. The summed E-state index contributed by atoms with van der Waals surface area (Å²) in [4.78, 5) is 11.6. The average molecular weight is 203 g/mol. The summed E-state index contributed by atoms with van der Waals surface area (Å²) in [5, 5.41) is 3.07. The highest BCUT2D eigenvalue weighted by atomic mass is 16.5. The molecule has 1 saturated heterocycles. The molecule has 78 valence electrons. The maximum Gasteiger partial charge on any atom is 0.225 e. The third kappa shape index (κ3) is 1.07. The summed E-state index contributed by atoms with van der Waals surface area (Å²) in [5.41, 5.74) is 2.10. The van der Waals surface area contributed by atoms with Crippen LogP contribution in [0, 0.1) is 0 Å². The van der Waals surface area contributed by atoms with Gasteiger partial charge in [0, 0.05) is 0 Å². The predicted octanol–water partition coefficient (Wildman–Crippen LogP) is 0.973. The van der Waals surface area contributed by atoms with E-state index in [1.807, 2.05) is 25.1 Å². The first-order valence-electron chi connectivity index (χ1n) is 5.23. The lowest BCUT2D eigenvalue weighted by Crippen LogP contribution is -2.66. The van der Waals surface area contributed by atoms with E-state index in [1.54, 1.807) is 0 Å². The summed E-state index contributed by atoms with van der Waals surface area (Å²) in [6, 6.07) is 8.12. The lowest BCUT2D eigenvalue weighted by molar-refractivity contribution is -0.160. The molecule has 2 aliphatic heterocycles. The highest BCUT2D eigenvalue weighted by Crippen LogP contribution is 2.39. The van der Waals surface area contributed by atoms with Crippen LogP contribution < -0.4 is 5.32 Å². The first-order valence-corrected chi connectivity index (χ1v) is 5.23. The van der Waals surface area contributed by atoms with E-state index in [0.717, 1.165) is 5.56 Å². The van der Waals surface area contributed by atoms with Gasteiger partial charge < -0.3 is 10.1 Å². The van der Waals surface area contributed by atoms with Crippen LogP contribution in [0.5, 0.6) is 0 Å². The highest BCUT2D eigenvalue weighted by Gasteiger charge is 2.51. The van der Waals surface area contributed by atoms with E-state index in [9.17, 15) is 4.79 Å². The second-order valence-electron chi connectivity index (χ2n) is 4.31. The van der Waals surface area contributed by atoms with Crippen molar-refractivity contribution in [3.05, 3.63) is 35.4 Å². The maximum atomic E-state index is 11.6. The molecule has 2 atom stereocenters. The standard InChI is InChI=1S/C12H13NO2/c1-8-12(7-15-8)10-5-3-2-4-9(10)6-11(14)13-12/h2-5,8H,6-7H2,1H3,(H,13,14). The number of carbonyl (C=O) groups is 1. The second-order valence-corrected chi connectivity index (χ2v) is 4.31. The summed E-state index contributed by atoms with van der Waals surface area (Å²) in [6.07, 6.45) is 0.563. The van der Waals surface area contributed by atoms with Gasteiger partial charge in [-0.15, -0.1) is 0 Å². The van der Waals surface area contributed by atoms with E-state index < -0.39 is 0 Å². The maximum absolute atomic E-state index is 11.6. The molecule has 0 saturated carbocycles. The molecule has 0 bridgehead atoms. The Morgan fingerprint density at radius 1 is 1.47 bits per heavy atom. The second kappa shape index (κ2) is 2.83. The van der Waals surface area contributed by atoms with E-state index in [4.69, 9.17) is 4.74 Å². The zero-order chi connectivity index (χ0) is 10.5. The zero-order valence-electron chi connectivity index (χ0n) is 8.62. The van der Waals surface area contributed by atoms with Crippen LogP contribution in [0.2, 0.25) is 0 Å². The Hall–Kier alpha value is -1.35. The van der Waals surface area contributed by atoms with Crippen LogP contribution in [0.25, 0.3) is 0 Å². The summed E-state index contributed by atoms with van der Waals surface area (Å²) in [6.45, 7) is 2.60. The third-order valence-corrected chi connectivity index (χ3v) is 3.47. The number of hydrogen-bond donors (Lipinski definition) is 1. The summed E-state index contributed by atoms with van der Waals surface area (Å²) in [5.74, 6) is 0.101. The number of hydrogen-bond acceptors (Lipinski definition) is 2. The Bertz CT molecular complexity index is 429. The van der Waals surface area contributed by atoms with E-state index in [-0.39, 0.29) is 17.6 Å². The number of fused-ring (bicyclic) bond motifs is 2. The molecule has 1 amide bonds. The van der Waals surface area contributed by atoms with Gasteiger partial charge in [-0.1, -0.05) is 24.3 Å². The molecule has 1 fully saturated rings. The van der Waals surface area contributed by atoms with E-state index in [0.29, 0.717) is 13.0 Å². The number of ether oxygens (including phenoxy) is 1. The van der Waals surface area contributed by atoms with Gasteiger partial charge in [0.25, 0.3) is 0 Å². The number of benzene rings is 1. The molecule has 1 spiro atoms. The first-order chi connectivity index (χ1) is 7.22. The SMILES string of the molecule is CC1OCC12NC(=O)Cc1ccccc12. The van der Waals surface area contributed by atoms with E-state index >= 15 is 0 Å². The molecule has 3 heteroatoms. The lowest BCUT2D eigenvalue weighted by Gasteiger charge is -2.51. The molecule has 3 nitrogen and oxygen atoms in total. The van der Waals surface area contributed by atoms with Crippen molar-refractivity contribution in [3.63, 3.8) is 0 Å². The summed E-state index contributed by atoms with van der Waals surface area (Å²) >= 11 is 0. The molecule has 1 aromatic rings. The van der Waals surface area contributed by atoms with Gasteiger partial charge in [0.2, 0.25) is 5.91 Å². The van der Waals surface area contributed by atoms with Gasteiger partial charge in [-0.25, -0.2) is 0 Å².